The first-order chi connectivity index (χ1) is 12.5. The lowest BCUT2D eigenvalue weighted by atomic mass is 9.96. The van der Waals surface area contributed by atoms with E-state index in [1.165, 1.54) is 0 Å². The Labute approximate surface area is 152 Å². The molecule has 7 nitrogen and oxygen atoms in total. The molecule has 1 saturated heterocycles. The summed E-state index contributed by atoms with van der Waals surface area (Å²) in [5, 5.41) is 12.0. The lowest BCUT2D eigenvalue weighted by Gasteiger charge is -2.32. The molecule has 1 aliphatic rings. The number of carbonyl (C=O) groups is 2. The number of nitrogens with zero attached hydrogens (tertiary/aromatic N) is 2. The topological polar surface area (TPSA) is 98.3 Å². The molecule has 2 amide bonds. The number of urea groups is 1. The van der Waals surface area contributed by atoms with Crippen molar-refractivity contribution in [2.75, 3.05) is 13.1 Å². The monoisotopic (exact) mass is 358 g/mol. The zero-order chi connectivity index (χ0) is 18.7. The average molecular weight is 358 g/mol. The fourth-order valence-electron chi connectivity index (χ4n) is 3.43. The van der Waals surface area contributed by atoms with Gasteiger partial charge >= 0.3 is 12.0 Å². The standard InChI is InChI=1S/C19H26N4O3/c1-3-12(2)16(18(24)25)22-19(26)23-10-8-13(9-11-23)17-20-14-6-4-5-7-15(14)21-17/h4-7,12-13,16H,3,8-11H2,1-2H3,(H,20,21)(H,22,26)(H,24,25)/t12-,16+/m1/s1. The van der Waals surface area contributed by atoms with E-state index in [1.54, 1.807) is 4.90 Å². The SMILES string of the molecule is CC[C@@H](C)[C@H](NC(=O)N1CCC(c2nc3ccccc3[nH]2)CC1)C(=O)O. The lowest BCUT2D eigenvalue weighted by molar-refractivity contribution is -0.140. The van der Waals surface area contributed by atoms with Crippen molar-refractivity contribution in [3.63, 3.8) is 0 Å². The summed E-state index contributed by atoms with van der Waals surface area (Å²) in [7, 11) is 0. The number of carboxylic acid groups (broad SMARTS) is 1. The Morgan fingerprint density at radius 1 is 1.35 bits per heavy atom. The molecule has 7 heteroatoms. The van der Waals surface area contributed by atoms with Crippen molar-refractivity contribution in [2.45, 2.75) is 45.1 Å². The van der Waals surface area contributed by atoms with Crippen molar-refractivity contribution in [3.05, 3.63) is 30.1 Å². The van der Waals surface area contributed by atoms with E-state index in [1.807, 2.05) is 38.1 Å². The number of H-pyrrole nitrogens is 1. The second-order valence-corrected chi connectivity index (χ2v) is 7.05. The molecular weight excluding hydrogens is 332 g/mol. The molecule has 1 aromatic carbocycles. The van der Waals surface area contributed by atoms with Crippen molar-refractivity contribution >= 4 is 23.0 Å². The Hall–Kier alpha value is -2.57. The van der Waals surface area contributed by atoms with E-state index in [-0.39, 0.29) is 17.9 Å². The van der Waals surface area contributed by atoms with Gasteiger partial charge in [-0.3, -0.25) is 0 Å². The summed E-state index contributed by atoms with van der Waals surface area (Å²) in [6, 6.07) is 6.80. The highest BCUT2D eigenvalue weighted by Gasteiger charge is 2.30. The fourth-order valence-corrected chi connectivity index (χ4v) is 3.43. The summed E-state index contributed by atoms with van der Waals surface area (Å²) in [5.41, 5.74) is 1.99. The number of carbonyl (C=O) groups excluding carboxylic acids is 1. The van der Waals surface area contributed by atoms with Gasteiger partial charge in [0.15, 0.2) is 0 Å². The second-order valence-electron chi connectivity index (χ2n) is 7.05. The van der Waals surface area contributed by atoms with E-state index >= 15 is 0 Å². The molecule has 2 aromatic rings. The van der Waals surface area contributed by atoms with Gasteiger partial charge < -0.3 is 20.3 Å². The lowest BCUT2D eigenvalue weighted by Crippen LogP contribution is -2.52. The number of hydrogen-bond donors (Lipinski definition) is 3. The maximum Gasteiger partial charge on any atom is 0.326 e. The van der Waals surface area contributed by atoms with Crippen molar-refractivity contribution in [1.29, 1.82) is 0 Å². The Kier molecular flexibility index (Phi) is 5.44. The van der Waals surface area contributed by atoms with Crippen LogP contribution in [0, 0.1) is 5.92 Å². The minimum absolute atomic E-state index is 0.107. The number of amides is 2. The summed E-state index contributed by atoms with van der Waals surface area (Å²) in [6.45, 7) is 4.96. The first kappa shape index (κ1) is 18.2. The van der Waals surface area contributed by atoms with Gasteiger partial charge in [0.1, 0.15) is 11.9 Å². The Balaban J connectivity index is 1.59. The van der Waals surface area contributed by atoms with Crippen LogP contribution < -0.4 is 5.32 Å². The van der Waals surface area contributed by atoms with Crippen LogP contribution in [0.25, 0.3) is 11.0 Å². The van der Waals surface area contributed by atoms with Gasteiger partial charge in [-0.25, -0.2) is 14.6 Å². The molecule has 0 unspecified atom stereocenters. The van der Waals surface area contributed by atoms with Gasteiger partial charge in [0.2, 0.25) is 0 Å². The molecule has 140 valence electrons. The van der Waals surface area contributed by atoms with Crippen LogP contribution in [-0.4, -0.2) is 51.1 Å². The summed E-state index contributed by atoms with van der Waals surface area (Å²) in [5.74, 6) is 0.167. The number of aromatic nitrogens is 2. The Morgan fingerprint density at radius 3 is 2.65 bits per heavy atom. The number of aromatic amines is 1. The van der Waals surface area contributed by atoms with Gasteiger partial charge in [-0.1, -0.05) is 32.4 Å². The van der Waals surface area contributed by atoms with Crippen molar-refractivity contribution < 1.29 is 14.7 Å². The number of aliphatic carboxylic acids is 1. The van der Waals surface area contributed by atoms with E-state index in [9.17, 15) is 14.7 Å². The van der Waals surface area contributed by atoms with E-state index in [0.717, 1.165) is 29.7 Å². The van der Waals surface area contributed by atoms with Crippen LogP contribution >= 0.6 is 0 Å². The minimum Gasteiger partial charge on any atom is -0.480 e. The average Bonchev–Trinajstić information content (AvgIpc) is 3.09. The third-order valence-electron chi connectivity index (χ3n) is 5.33. The molecule has 3 rings (SSSR count). The van der Waals surface area contributed by atoms with Gasteiger partial charge in [0.25, 0.3) is 0 Å². The summed E-state index contributed by atoms with van der Waals surface area (Å²) in [4.78, 5) is 33.6. The van der Waals surface area contributed by atoms with Crippen LogP contribution in [0.2, 0.25) is 0 Å². The van der Waals surface area contributed by atoms with E-state index in [4.69, 9.17) is 0 Å². The first-order valence-corrected chi connectivity index (χ1v) is 9.22. The summed E-state index contributed by atoms with van der Waals surface area (Å²) >= 11 is 0. The molecule has 2 heterocycles. The number of rotatable bonds is 5. The van der Waals surface area contributed by atoms with Gasteiger partial charge in [-0.2, -0.15) is 0 Å². The molecule has 0 saturated carbocycles. The number of piperidine rings is 1. The van der Waals surface area contributed by atoms with Gasteiger partial charge in [0.05, 0.1) is 11.0 Å². The van der Waals surface area contributed by atoms with E-state index < -0.39 is 12.0 Å². The minimum atomic E-state index is -0.982. The van der Waals surface area contributed by atoms with Crippen LogP contribution in [-0.2, 0) is 4.79 Å². The highest BCUT2D eigenvalue weighted by molar-refractivity contribution is 5.83. The van der Waals surface area contributed by atoms with Crippen LogP contribution in [0.5, 0.6) is 0 Å². The van der Waals surface area contributed by atoms with Crippen LogP contribution in [0.15, 0.2) is 24.3 Å². The molecule has 0 radical (unpaired) electrons. The maximum absolute atomic E-state index is 12.4. The Bertz CT molecular complexity index is 747. The molecule has 1 aliphatic heterocycles. The van der Waals surface area contributed by atoms with Crippen molar-refractivity contribution in [3.8, 4) is 0 Å². The maximum atomic E-state index is 12.4. The molecule has 26 heavy (non-hydrogen) atoms. The normalized spacial score (nSPS) is 17.8. The number of carboxylic acids is 1. The number of para-hydroxylation sites is 2. The van der Waals surface area contributed by atoms with Crippen LogP contribution in [0.4, 0.5) is 4.79 Å². The third kappa shape index (κ3) is 3.81. The zero-order valence-corrected chi connectivity index (χ0v) is 15.2. The van der Waals surface area contributed by atoms with Gasteiger partial charge in [-0.15, -0.1) is 0 Å². The third-order valence-corrected chi connectivity index (χ3v) is 5.33. The molecule has 2 atom stereocenters. The van der Waals surface area contributed by atoms with Gasteiger partial charge in [-0.05, 0) is 30.9 Å². The van der Waals surface area contributed by atoms with Crippen molar-refractivity contribution in [1.82, 2.24) is 20.2 Å². The number of hydrogen-bond acceptors (Lipinski definition) is 3. The number of imidazole rings is 1. The van der Waals surface area contributed by atoms with E-state index in [0.29, 0.717) is 19.5 Å². The molecule has 0 bridgehead atoms. The Morgan fingerprint density at radius 2 is 2.04 bits per heavy atom. The predicted octanol–water partition coefficient (Wildman–Crippen LogP) is 2.95. The summed E-state index contributed by atoms with van der Waals surface area (Å²) in [6.07, 6.45) is 2.33. The highest BCUT2D eigenvalue weighted by Crippen LogP contribution is 2.27. The van der Waals surface area contributed by atoms with E-state index in [2.05, 4.69) is 15.3 Å². The molecular formula is C19H26N4O3. The fraction of sp³-hybridized carbons (Fsp3) is 0.526. The predicted molar refractivity (Wildman–Crippen MR) is 99.1 cm³/mol. The highest BCUT2D eigenvalue weighted by atomic mass is 16.4. The smallest absolute Gasteiger partial charge is 0.326 e. The zero-order valence-electron chi connectivity index (χ0n) is 15.2. The molecule has 0 aliphatic carbocycles. The number of likely N-dealkylation sites (tertiary alicyclic amines) is 1. The number of fused-ring (bicyclic) bond motifs is 1. The van der Waals surface area contributed by atoms with Crippen LogP contribution in [0.3, 0.4) is 0 Å². The quantitative estimate of drug-likeness (QED) is 0.765. The summed E-state index contributed by atoms with van der Waals surface area (Å²) < 4.78 is 0. The molecule has 1 fully saturated rings. The first-order valence-electron chi connectivity index (χ1n) is 9.22. The van der Waals surface area contributed by atoms with Crippen molar-refractivity contribution in [2.24, 2.45) is 5.92 Å². The second kappa shape index (κ2) is 7.76. The molecule has 1 aromatic heterocycles. The largest absolute Gasteiger partial charge is 0.480 e. The van der Waals surface area contributed by atoms with Crippen LogP contribution in [0.1, 0.15) is 44.9 Å². The number of nitrogens with one attached hydrogen (secondary N) is 2. The number of benzene rings is 1. The molecule has 3 N–H and O–H groups in total. The molecule has 0 spiro atoms. The van der Waals surface area contributed by atoms with Gasteiger partial charge in [0, 0.05) is 19.0 Å².